The third-order valence-electron chi connectivity index (χ3n) is 3.98. The summed E-state index contributed by atoms with van der Waals surface area (Å²) in [5, 5.41) is 8.33. The van der Waals surface area contributed by atoms with Gasteiger partial charge in [0.25, 0.3) is 0 Å². The number of anilines is 1. The van der Waals surface area contributed by atoms with Crippen molar-refractivity contribution in [1.82, 2.24) is 15.2 Å². The van der Waals surface area contributed by atoms with Gasteiger partial charge in [-0.2, -0.15) is 0 Å². The van der Waals surface area contributed by atoms with E-state index < -0.39 is 12.1 Å². The maximum atomic E-state index is 13.6. The third kappa shape index (κ3) is 4.34. The van der Waals surface area contributed by atoms with E-state index in [1.165, 1.54) is 34.1 Å². The number of carbonyl (C=O) groups excluding carboxylic acids is 2. The van der Waals surface area contributed by atoms with Gasteiger partial charge in [0.1, 0.15) is 11.9 Å². The maximum absolute atomic E-state index is 13.6. The summed E-state index contributed by atoms with van der Waals surface area (Å²) in [5.74, 6) is 0.336. The van der Waals surface area contributed by atoms with Crippen LogP contribution >= 0.6 is 23.1 Å². The quantitative estimate of drug-likeness (QED) is 0.836. The van der Waals surface area contributed by atoms with Gasteiger partial charge in [0.05, 0.1) is 23.1 Å². The second-order valence-electron chi connectivity index (χ2n) is 5.96. The highest BCUT2D eigenvalue weighted by molar-refractivity contribution is 7.99. The van der Waals surface area contributed by atoms with Crippen LogP contribution in [0.5, 0.6) is 0 Å². The normalized spacial score (nSPS) is 16.6. The van der Waals surface area contributed by atoms with Gasteiger partial charge < -0.3 is 15.5 Å². The molecule has 1 atom stereocenters. The Bertz CT molecular complexity index is 827. The van der Waals surface area contributed by atoms with Crippen LogP contribution in [0.1, 0.15) is 16.3 Å². The Hall–Kier alpha value is -2.13. The highest BCUT2D eigenvalue weighted by atomic mass is 32.2. The average Bonchev–Trinajstić information content (AvgIpc) is 3.25. The van der Waals surface area contributed by atoms with Gasteiger partial charge in [0.2, 0.25) is 5.91 Å². The van der Waals surface area contributed by atoms with Gasteiger partial charge in [0, 0.05) is 16.8 Å². The van der Waals surface area contributed by atoms with Crippen molar-refractivity contribution in [3.05, 3.63) is 45.7 Å². The number of nitrogens with one attached hydrogen (secondary N) is 2. The van der Waals surface area contributed by atoms with E-state index in [-0.39, 0.29) is 11.7 Å². The van der Waals surface area contributed by atoms with E-state index in [4.69, 9.17) is 0 Å². The number of aryl methyl sites for hydroxylation is 2. The number of urea groups is 1. The molecular weight excluding hydrogens is 375 g/mol. The van der Waals surface area contributed by atoms with Crippen molar-refractivity contribution in [2.75, 3.05) is 16.9 Å². The molecule has 2 N–H and O–H groups in total. The molecule has 0 bridgehead atoms. The predicted molar refractivity (Wildman–Crippen MR) is 102 cm³/mol. The van der Waals surface area contributed by atoms with Crippen molar-refractivity contribution in [3.8, 4) is 0 Å². The van der Waals surface area contributed by atoms with Gasteiger partial charge in [-0.3, -0.25) is 4.79 Å². The number of amides is 3. The number of hydrogen-bond donors (Lipinski definition) is 2. The van der Waals surface area contributed by atoms with E-state index in [0.29, 0.717) is 29.4 Å². The van der Waals surface area contributed by atoms with Gasteiger partial charge in [0.15, 0.2) is 0 Å². The second kappa shape index (κ2) is 8.05. The van der Waals surface area contributed by atoms with Gasteiger partial charge in [-0.25, -0.2) is 14.2 Å². The van der Waals surface area contributed by atoms with Crippen molar-refractivity contribution in [3.63, 3.8) is 0 Å². The first-order chi connectivity index (χ1) is 12.4. The molecule has 1 aromatic carbocycles. The minimum absolute atomic E-state index is 0.217. The van der Waals surface area contributed by atoms with E-state index in [1.807, 2.05) is 12.3 Å². The molecule has 3 amide bonds. The lowest BCUT2D eigenvalue weighted by Crippen LogP contribution is -2.48. The molecule has 0 radical (unpaired) electrons. The number of halogens is 1. The first-order valence-corrected chi connectivity index (χ1v) is 10.1. The fourth-order valence-electron chi connectivity index (χ4n) is 2.51. The van der Waals surface area contributed by atoms with Crippen LogP contribution in [0.15, 0.2) is 23.6 Å². The molecule has 1 fully saturated rings. The molecule has 1 saturated heterocycles. The van der Waals surface area contributed by atoms with Gasteiger partial charge in [-0.1, -0.05) is 6.07 Å². The number of hydrogen-bond acceptors (Lipinski definition) is 5. The molecule has 0 saturated carbocycles. The van der Waals surface area contributed by atoms with Crippen molar-refractivity contribution in [2.24, 2.45) is 0 Å². The monoisotopic (exact) mass is 394 g/mol. The molecule has 0 aliphatic carbocycles. The van der Waals surface area contributed by atoms with Crippen molar-refractivity contribution < 1.29 is 14.0 Å². The molecule has 138 valence electrons. The fourth-order valence-corrected chi connectivity index (χ4v) is 4.28. The van der Waals surface area contributed by atoms with Crippen LogP contribution < -0.4 is 10.6 Å². The third-order valence-corrected chi connectivity index (χ3v) is 5.81. The van der Waals surface area contributed by atoms with Crippen molar-refractivity contribution >= 4 is 40.7 Å². The average molecular weight is 394 g/mol. The van der Waals surface area contributed by atoms with Crippen molar-refractivity contribution in [2.45, 2.75) is 26.4 Å². The summed E-state index contributed by atoms with van der Waals surface area (Å²) in [6.45, 7) is 3.90. The molecule has 1 aromatic heterocycles. The Kier molecular flexibility index (Phi) is 5.77. The molecule has 3 rings (SSSR count). The van der Waals surface area contributed by atoms with E-state index in [1.54, 1.807) is 19.1 Å². The van der Waals surface area contributed by atoms with Crippen LogP contribution in [-0.4, -0.2) is 39.5 Å². The summed E-state index contributed by atoms with van der Waals surface area (Å²) in [4.78, 5) is 30.7. The summed E-state index contributed by atoms with van der Waals surface area (Å²) in [7, 11) is 0. The zero-order valence-corrected chi connectivity index (χ0v) is 16.0. The maximum Gasteiger partial charge on any atom is 0.323 e. The Labute approximate surface area is 159 Å². The van der Waals surface area contributed by atoms with Crippen LogP contribution in [0.3, 0.4) is 0 Å². The molecule has 2 aromatic rings. The second-order valence-corrected chi connectivity index (χ2v) is 8.02. The number of thioether (sulfide) groups is 1. The van der Waals surface area contributed by atoms with Crippen molar-refractivity contribution in [1.29, 1.82) is 0 Å². The highest BCUT2D eigenvalue weighted by Gasteiger charge is 2.34. The Morgan fingerprint density at radius 3 is 2.88 bits per heavy atom. The van der Waals surface area contributed by atoms with Crippen LogP contribution in [0, 0.1) is 19.7 Å². The lowest BCUT2D eigenvalue weighted by atomic mass is 10.2. The van der Waals surface area contributed by atoms with Gasteiger partial charge in [-0.05, 0) is 31.5 Å². The first kappa shape index (κ1) is 18.7. The standard InChI is InChI=1S/C17H19FN4O2S2/c1-10-3-4-12(5-14(10)18)21-17(24)22-9-25-8-15(22)16(23)19-6-13-7-26-11(2)20-13/h3-5,7,15H,6,8-9H2,1-2H3,(H,19,23)(H,21,24)/t15-/m1/s1. The molecule has 0 unspecified atom stereocenters. The fraction of sp³-hybridized carbons (Fsp3) is 0.353. The number of nitrogens with zero attached hydrogens (tertiary/aromatic N) is 2. The number of benzene rings is 1. The molecule has 0 spiro atoms. The Morgan fingerprint density at radius 1 is 1.38 bits per heavy atom. The van der Waals surface area contributed by atoms with E-state index in [2.05, 4.69) is 15.6 Å². The van der Waals surface area contributed by atoms with Crippen LogP contribution in [0.4, 0.5) is 14.9 Å². The smallest absolute Gasteiger partial charge is 0.323 e. The van der Waals surface area contributed by atoms with E-state index in [9.17, 15) is 14.0 Å². The molecule has 26 heavy (non-hydrogen) atoms. The lowest BCUT2D eigenvalue weighted by Gasteiger charge is -2.23. The van der Waals surface area contributed by atoms with Crippen LogP contribution in [0.2, 0.25) is 0 Å². The van der Waals surface area contributed by atoms with Gasteiger partial charge in [-0.15, -0.1) is 23.1 Å². The zero-order chi connectivity index (χ0) is 18.7. The summed E-state index contributed by atoms with van der Waals surface area (Å²) >= 11 is 3.03. The van der Waals surface area contributed by atoms with E-state index >= 15 is 0 Å². The summed E-state index contributed by atoms with van der Waals surface area (Å²) in [6.07, 6.45) is 0. The molecule has 6 nitrogen and oxygen atoms in total. The number of thiazole rings is 1. The predicted octanol–water partition coefficient (Wildman–Crippen LogP) is 3.12. The van der Waals surface area contributed by atoms with Gasteiger partial charge >= 0.3 is 6.03 Å². The summed E-state index contributed by atoms with van der Waals surface area (Å²) in [6, 6.07) is 3.54. The summed E-state index contributed by atoms with van der Waals surface area (Å²) < 4.78 is 13.6. The SMILES string of the molecule is Cc1nc(CNC(=O)[C@H]2CSCN2C(=O)Nc2ccc(C)c(F)c2)cs1. The topological polar surface area (TPSA) is 74.3 Å². The molecule has 1 aliphatic heterocycles. The van der Waals surface area contributed by atoms with Crippen LogP contribution in [-0.2, 0) is 11.3 Å². The highest BCUT2D eigenvalue weighted by Crippen LogP contribution is 2.23. The first-order valence-electron chi connectivity index (χ1n) is 8.04. The zero-order valence-electron chi connectivity index (χ0n) is 14.4. The minimum Gasteiger partial charge on any atom is -0.349 e. The Balaban J connectivity index is 1.60. The molecule has 1 aliphatic rings. The molecular formula is C17H19FN4O2S2. The number of rotatable bonds is 4. The molecule has 2 heterocycles. The largest absolute Gasteiger partial charge is 0.349 e. The molecule has 9 heteroatoms. The number of carbonyl (C=O) groups is 2. The Morgan fingerprint density at radius 2 is 2.19 bits per heavy atom. The van der Waals surface area contributed by atoms with Crippen LogP contribution in [0.25, 0.3) is 0 Å². The minimum atomic E-state index is -0.560. The number of aromatic nitrogens is 1. The summed E-state index contributed by atoms with van der Waals surface area (Å²) in [5.41, 5.74) is 1.68. The van der Waals surface area contributed by atoms with E-state index in [0.717, 1.165) is 10.7 Å². The lowest BCUT2D eigenvalue weighted by molar-refractivity contribution is -0.124.